The van der Waals surface area contributed by atoms with Gasteiger partial charge in [-0.1, -0.05) is 29.8 Å². The van der Waals surface area contributed by atoms with Crippen molar-refractivity contribution in [1.29, 1.82) is 0 Å². The molecular formula is C19H18ClNO4S. The average molecular weight is 392 g/mol. The molecule has 3 rings (SSSR count). The predicted molar refractivity (Wildman–Crippen MR) is 102 cm³/mol. The van der Waals surface area contributed by atoms with Gasteiger partial charge in [-0.05, 0) is 37.1 Å². The van der Waals surface area contributed by atoms with Crippen LogP contribution in [0.1, 0.15) is 40.6 Å². The van der Waals surface area contributed by atoms with Gasteiger partial charge in [0.2, 0.25) is 0 Å². The Morgan fingerprint density at radius 1 is 1.23 bits per heavy atom. The van der Waals surface area contributed by atoms with Crippen molar-refractivity contribution in [3.63, 3.8) is 0 Å². The molecule has 0 saturated heterocycles. The van der Waals surface area contributed by atoms with Crippen LogP contribution in [0.15, 0.2) is 41.6 Å². The van der Waals surface area contributed by atoms with Crippen LogP contribution in [-0.2, 0) is 14.3 Å². The Morgan fingerprint density at radius 2 is 1.96 bits per heavy atom. The minimum Gasteiger partial charge on any atom is -0.466 e. The van der Waals surface area contributed by atoms with Gasteiger partial charge in [-0.2, -0.15) is 0 Å². The van der Waals surface area contributed by atoms with Crippen LogP contribution in [0.4, 0.5) is 5.00 Å². The van der Waals surface area contributed by atoms with E-state index in [1.165, 1.54) is 18.4 Å². The van der Waals surface area contributed by atoms with E-state index in [0.29, 0.717) is 27.8 Å². The second kappa shape index (κ2) is 7.51. The number of methoxy groups -OCH3 is 1. The van der Waals surface area contributed by atoms with Gasteiger partial charge in [-0.3, -0.25) is 0 Å². The number of rotatable bonds is 4. The average Bonchev–Trinajstić information content (AvgIpc) is 3.04. The summed E-state index contributed by atoms with van der Waals surface area (Å²) in [7, 11) is 1.35. The molecule has 136 valence electrons. The third-order valence-electron chi connectivity index (χ3n) is 4.16. The van der Waals surface area contributed by atoms with Gasteiger partial charge >= 0.3 is 11.9 Å². The topological polar surface area (TPSA) is 64.6 Å². The molecule has 2 heterocycles. The number of carbonyl (C=O) groups is 2. The molecule has 1 atom stereocenters. The van der Waals surface area contributed by atoms with Crippen LogP contribution < -0.4 is 5.32 Å². The lowest BCUT2D eigenvalue weighted by Crippen LogP contribution is -2.23. The van der Waals surface area contributed by atoms with Gasteiger partial charge in [0.15, 0.2) is 0 Å². The van der Waals surface area contributed by atoms with Gasteiger partial charge in [-0.15, -0.1) is 11.3 Å². The second-order valence-corrected chi connectivity index (χ2v) is 7.18. The molecule has 7 heteroatoms. The summed E-state index contributed by atoms with van der Waals surface area (Å²) < 4.78 is 10.1. The zero-order valence-electron chi connectivity index (χ0n) is 14.6. The lowest BCUT2D eigenvalue weighted by molar-refractivity contribution is -0.136. The summed E-state index contributed by atoms with van der Waals surface area (Å²) in [5.74, 6) is -1.25. The first kappa shape index (κ1) is 18.5. The van der Waals surface area contributed by atoms with Gasteiger partial charge < -0.3 is 14.8 Å². The number of benzene rings is 1. The van der Waals surface area contributed by atoms with Crippen LogP contribution in [0, 0.1) is 0 Å². The van der Waals surface area contributed by atoms with E-state index in [0.717, 1.165) is 16.1 Å². The second-order valence-electron chi connectivity index (χ2n) is 5.73. The van der Waals surface area contributed by atoms with E-state index in [1.807, 2.05) is 25.1 Å². The first-order chi connectivity index (χ1) is 12.5. The molecule has 0 amide bonds. The number of nitrogens with one attached hydrogen (secondary N) is 1. The molecule has 0 aliphatic carbocycles. The molecule has 0 radical (unpaired) electrons. The number of allylic oxidation sites excluding steroid dienone is 1. The molecule has 0 spiro atoms. The molecule has 1 aliphatic rings. The molecular weight excluding hydrogens is 374 g/mol. The fourth-order valence-electron chi connectivity index (χ4n) is 3.04. The molecule has 0 saturated carbocycles. The third-order valence-corrected chi connectivity index (χ3v) is 5.55. The van der Waals surface area contributed by atoms with Crippen molar-refractivity contribution in [2.45, 2.75) is 19.8 Å². The maximum atomic E-state index is 12.5. The Morgan fingerprint density at radius 3 is 2.62 bits per heavy atom. The predicted octanol–water partition coefficient (Wildman–Crippen LogP) is 4.58. The number of fused-ring (bicyclic) bond motifs is 1. The molecule has 1 unspecified atom stereocenters. The molecule has 1 aromatic heterocycles. The number of hydrogen-bond donors (Lipinski definition) is 1. The summed E-state index contributed by atoms with van der Waals surface area (Å²) in [5.41, 5.74) is 2.73. The Bertz CT molecular complexity index is 903. The Kier molecular flexibility index (Phi) is 5.34. The van der Waals surface area contributed by atoms with Crippen LogP contribution in [0.2, 0.25) is 5.02 Å². The Hall–Kier alpha value is -2.31. The van der Waals surface area contributed by atoms with Crippen molar-refractivity contribution < 1.29 is 19.1 Å². The fourth-order valence-corrected chi connectivity index (χ4v) is 4.33. The highest BCUT2D eigenvalue weighted by Crippen LogP contribution is 2.47. The summed E-state index contributed by atoms with van der Waals surface area (Å²) in [6.07, 6.45) is 0. The van der Waals surface area contributed by atoms with Gasteiger partial charge in [0.05, 0.1) is 24.3 Å². The van der Waals surface area contributed by atoms with E-state index >= 15 is 0 Å². The summed E-state index contributed by atoms with van der Waals surface area (Å²) in [5, 5.41) is 4.55. The zero-order chi connectivity index (χ0) is 18.8. The molecule has 5 nitrogen and oxygen atoms in total. The van der Waals surface area contributed by atoms with E-state index < -0.39 is 11.9 Å². The van der Waals surface area contributed by atoms with E-state index in [2.05, 4.69) is 5.32 Å². The molecule has 1 N–H and O–H groups in total. The van der Waals surface area contributed by atoms with E-state index in [4.69, 9.17) is 21.1 Å². The number of ether oxygens (including phenoxy) is 2. The van der Waals surface area contributed by atoms with Crippen molar-refractivity contribution in [1.82, 2.24) is 0 Å². The van der Waals surface area contributed by atoms with Gasteiger partial charge in [-0.25, -0.2) is 9.59 Å². The van der Waals surface area contributed by atoms with Gasteiger partial charge in [0.25, 0.3) is 0 Å². The van der Waals surface area contributed by atoms with Crippen LogP contribution in [0.5, 0.6) is 0 Å². The fraction of sp³-hybridized carbons (Fsp3) is 0.263. The summed E-state index contributed by atoms with van der Waals surface area (Å²) in [6, 6.07) is 9.11. The Balaban J connectivity index is 2.18. The highest BCUT2D eigenvalue weighted by atomic mass is 35.5. The maximum absolute atomic E-state index is 12.5. The molecule has 0 fully saturated rings. The Labute approximate surface area is 160 Å². The van der Waals surface area contributed by atoms with Gasteiger partial charge in [0.1, 0.15) is 4.88 Å². The highest BCUT2D eigenvalue weighted by molar-refractivity contribution is 7.18. The monoisotopic (exact) mass is 391 g/mol. The largest absolute Gasteiger partial charge is 0.466 e. The van der Waals surface area contributed by atoms with Crippen molar-refractivity contribution in [2.75, 3.05) is 19.0 Å². The lowest BCUT2D eigenvalue weighted by Gasteiger charge is -2.28. The number of esters is 2. The number of halogens is 1. The lowest BCUT2D eigenvalue weighted by atomic mass is 9.82. The zero-order valence-corrected chi connectivity index (χ0v) is 16.2. The van der Waals surface area contributed by atoms with Crippen LogP contribution in [0.3, 0.4) is 0 Å². The standard InChI is InChI=1S/C19H18ClNO4S/c1-4-25-18(22)14-9-12-16(11-7-5-6-8-13(11)20)15(19(23)24-3)10(2)21-17(12)26-14/h5-9,16,21H,4H2,1-3H3. The maximum Gasteiger partial charge on any atom is 0.348 e. The first-order valence-electron chi connectivity index (χ1n) is 8.09. The summed E-state index contributed by atoms with van der Waals surface area (Å²) >= 11 is 7.72. The summed E-state index contributed by atoms with van der Waals surface area (Å²) in [6.45, 7) is 3.87. The molecule has 26 heavy (non-hydrogen) atoms. The van der Waals surface area contributed by atoms with Crippen molar-refractivity contribution in [3.05, 3.63) is 62.6 Å². The minimum atomic E-state index is -0.436. The van der Waals surface area contributed by atoms with E-state index in [1.54, 1.807) is 19.1 Å². The van der Waals surface area contributed by atoms with Crippen molar-refractivity contribution in [3.8, 4) is 0 Å². The van der Waals surface area contributed by atoms with E-state index in [9.17, 15) is 9.59 Å². The SMILES string of the molecule is CCOC(=O)c1cc2c(s1)NC(C)=C(C(=O)OC)C2c1ccccc1Cl. The minimum absolute atomic E-state index is 0.299. The summed E-state index contributed by atoms with van der Waals surface area (Å²) in [4.78, 5) is 25.1. The van der Waals surface area contributed by atoms with E-state index in [-0.39, 0.29) is 5.97 Å². The van der Waals surface area contributed by atoms with Crippen LogP contribution >= 0.6 is 22.9 Å². The third kappa shape index (κ3) is 3.22. The molecule has 2 aromatic rings. The number of anilines is 1. The van der Waals surface area contributed by atoms with Crippen LogP contribution in [-0.4, -0.2) is 25.7 Å². The normalized spacial score (nSPS) is 15.9. The quantitative estimate of drug-likeness (QED) is 0.772. The number of hydrogen-bond acceptors (Lipinski definition) is 6. The first-order valence-corrected chi connectivity index (χ1v) is 9.28. The van der Waals surface area contributed by atoms with Crippen molar-refractivity contribution >= 4 is 39.9 Å². The molecule has 1 aliphatic heterocycles. The smallest absolute Gasteiger partial charge is 0.348 e. The number of thiophene rings is 1. The van der Waals surface area contributed by atoms with Crippen molar-refractivity contribution in [2.24, 2.45) is 0 Å². The molecule has 1 aromatic carbocycles. The van der Waals surface area contributed by atoms with Crippen LogP contribution in [0.25, 0.3) is 0 Å². The molecule has 0 bridgehead atoms. The van der Waals surface area contributed by atoms with Gasteiger partial charge in [0, 0.05) is 16.6 Å². The number of carbonyl (C=O) groups excluding carboxylic acids is 2. The highest BCUT2D eigenvalue weighted by Gasteiger charge is 2.36.